The summed E-state index contributed by atoms with van der Waals surface area (Å²) in [6.45, 7) is 7.12. The third-order valence-corrected chi connectivity index (χ3v) is 19.0. The molecule has 0 N–H and O–H groups in total. The molecular formula is C17H36O3SSn. The van der Waals surface area contributed by atoms with Gasteiger partial charge in [-0.1, -0.05) is 0 Å². The van der Waals surface area contributed by atoms with Gasteiger partial charge in [-0.05, 0) is 0 Å². The molecule has 0 aliphatic carbocycles. The molecule has 3 nitrogen and oxygen atoms in total. The van der Waals surface area contributed by atoms with Crippen LogP contribution in [0, 0.1) is 0 Å². The molecule has 0 radical (unpaired) electrons. The Balaban J connectivity index is 4.68. The summed E-state index contributed by atoms with van der Waals surface area (Å²) in [5.41, 5.74) is 0. The van der Waals surface area contributed by atoms with Gasteiger partial charge < -0.3 is 0 Å². The van der Waals surface area contributed by atoms with Crippen LogP contribution in [0.2, 0.25) is 13.3 Å². The van der Waals surface area contributed by atoms with Gasteiger partial charge >= 0.3 is 143 Å². The summed E-state index contributed by atoms with van der Waals surface area (Å²) in [6.07, 6.45) is 12.0. The van der Waals surface area contributed by atoms with Gasteiger partial charge in [0, 0.05) is 0 Å². The van der Waals surface area contributed by atoms with Crippen LogP contribution in [0.4, 0.5) is 0 Å². The Labute approximate surface area is 142 Å². The summed E-state index contributed by atoms with van der Waals surface area (Å²) in [5.74, 6) is 0. The van der Waals surface area contributed by atoms with Crippen LogP contribution in [0.1, 0.15) is 65.7 Å². The maximum absolute atomic E-state index is 11.0. The molecule has 0 fully saturated rings. The van der Waals surface area contributed by atoms with Gasteiger partial charge in [-0.3, -0.25) is 0 Å². The van der Waals surface area contributed by atoms with Crippen LogP contribution in [0.3, 0.4) is 0 Å². The molecule has 5 heteroatoms. The van der Waals surface area contributed by atoms with Gasteiger partial charge in [0.15, 0.2) is 0 Å². The molecular weight excluding hydrogens is 403 g/mol. The molecule has 0 saturated carbocycles. The van der Waals surface area contributed by atoms with Crippen LogP contribution < -0.4 is 0 Å². The molecule has 22 heavy (non-hydrogen) atoms. The number of rotatable bonds is 14. The third kappa shape index (κ3) is 11.9. The standard InChI is InChI=1S/C5H9O3S.3C4H9.Sn/c1-3-4-5-8-9(2,6)7;3*1-3-4-2;/h1,3H,4-5H2,2H3;3*1,3-4H2,2H3;. The molecule has 0 spiro atoms. The van der Waals surface area contributed by atoms with E-state index in [1.807, 2.05) is 0 Å². The average molecular weight is 439 g/mol. The summed E-state index contributed by atoms with van der Waals surface area (Å²) in [7, 11) is -3.30. The number of hydrogen-bond donors (Lipinski definition) is 0. The van der Waals surface area contributed by atoms with Crippen molar-refractivity contribution in [1.29, 1.82) is 0 Å². The van der Waals surface area contributed by atoms with Crippen LogP contribution in [0.25, 0.3) is 0 Å². The Morgan fingerprint density at radius 3 is 1.73 bits per heavy atom. The van der Waals surface area contributed by atoms with E-state index >= 15 is 0 Å². The van der Waals surface area contributed by atoms with Crippen molar-refractivity contribution in [3.63, 3.8) is 0 Å². The van der Waals surface area contributed by atoms with E-state index in [2.05, 4.69) is 30.9 Å². The summed E-state index contributed by atoms with van der Waals surface area (Å²) in [6, 6.07) is 0. The van der Waals surface area contributed by atoms with E-state index in [0.29, 0.717) is 0 Å². The van der Waals surface area contributed by atoms with Crippen molar-refractivity contribution in [1.82, 2.24) is 0 Å². The van der Waals surface area contributed by atoms with Crippen molar-refractivity contribution in [2.24, 2.45) is 0 Å². The molecule has 0 unspecified atom stereocenters. The van der Waals surface area contributed by atoms with Gasteiger partial charge in [-0.25, -0.2) is 0 Å². The van der Waals surface area contributed by atoms with E-state index in [9.17, 15) is 8.42 Å². The number of unbranched alkanes of at least 4 members (excludes halogenated alkanes) is 3. The van der Waals surface area contributed by atoms with Crippen molar-refractivity contribution in [3.8, 4) is 0 Å². The van der Waals surface area contributed by atoms with Gasteiger partial charge in [0.2, 0.25) is 0 Å². The monoisotopic (exact) mass is 440 g/mol. The third-order valence-electron chi connectivity index (χ3n) is 4.14. The molecule has 0 amide bonds. The number of hydrogen-bond acceptors (Lipinski definition) is 3. The molecule has 0 saturated heterocycles. The summed E-state index contributed by atoms with van der Waals surface area (Å²) in [4.78, 5) is 0. The zero-order chi connectivity index (χ0) is 16.9. The van der Waals surface area contributed by atoms with Crippen molar-refractivity contribution in [2.75, 3.05) is 12.9 Å². The molecule has 0 aromatic carbocycles. The van der Waals surface area contributed by atoms with E-state index in [1.54, 1.807) is 0 Å². The fourth-order valence-corrected chi connectivity index (χ4v) is 17.7. The molecule has 0 bridgehead atoms. The van der Waals surface area contributed by atoms with E-state index in [4.69, 9.17) is 4.18 Å². The Kier molecular flexibility index (Phi) is 13.1. The first-order valence-electron chi connectivity index (χ1n) is 8.91. The van der Waals surface area contributed by atoms with Crippen LogP contribution >= 0.6 is 0 Å². The SMILES string of the molecule is CCC[CH2][Sn](/[CH]=C/CCOS(C)(=O)=O)([CH2]CCC)[CH2]CCC. The molecule has 0 rings (SSSR count). The second kappa shape index (κ2) is 12.8. The molecule has 132 valence electrons. The molecule has 0 aromatic rings. The summed E-state index contributed by atoms with van der Waals surface area (Å²) < 4.78 is 33.7. The van der Waals surface area contributed by atoms with Gasteiger partial charge in [0.25, 0.3) is 0 Å². The Morgan fingerprint density at radius 1 is 0.909 bits per heavy atom. The van der Waals surface area contributed by atoms with E-state index in [0.717, 1.165) is 12.7 Å². The Hall–Kier alpha value is 0.449. The quantitative estimate of drug-likeness (QED) is 0.210. The van der Waals surface area contributed by atoms with Crippen molar-refractivity contribution in [2.45, 2.75) is 79.0 Å². The first-order chi connectivity index (χ1) is 10.4. The average Bonchev–Trinajstić information content (AvgIpc) is 2.46. The van der Waals surface area contributed by atoms with Crippen LogP contribution in [-0.2, 0) is 14.3 Å². The molecule has 0 aliphatic rings. The van der Waals surface area contributed by atoms with Crippen molar-refractivity contribution < 1.29 is 12.6 Å². The van der Waals surface area contributed by atoms with Crippen LogP contribution in [0.5, 0.6) is 0 Å². The van der Waals surface area contributed by atoms with E-state index < -0.39 is 28.5 Å². The maximum atomic E-state index is 11.0. The zero-order valence-electron chi connectivity index (χ0n) is 15.1. The predicted molar refractivity (Wildman–Crippen MR) is 99.5 cm³/mol. The Bertz CT molecular complexity index is 369. The Morgan fingerprint density at radius 2 is 1.36 bits per heavy atom. The molecule has 0 aromatic heterocycles. The van der Waals surface area contributed by atoms with Crippen LogP contribution in [0.15, 0.2) is 10.2 Å². The topological polar surface area (TPSA) is 43.4 Å². The second-order valence-electron chi connectivity index (χ2n) is 6.39. The fraction of sp³-hybridized carbons (Fsp3) is 0.882. The van der Waals surface area contributed by atoms with E-state index in [-0.39, 0.29) is 6.61 Å². The van der Waals surface area contributed by atoms with E-state index in [1.165, 1.54) is 51.8 Å². The van der Waals surface area contributed by atoms with Crippen molar-refractivity contribution in [3.05, 3.63) is 10.2 Å². The summed E-state index contributed by atoms with van der Waals surface area (Å²) in [5, 5.41) is 0. The molecule has 0 aliphatic heterocycles. The first kappa shape index (κ1) is 22.4. The summed E-state index contributed by atoms with van der Waals surface area (Å²) >= 11 is -2.18. The second-order valence-corrected chi connectivity index (χ2v) is 21.0. The minimum absolute atomic E-state index is 0.284. The van der Waals surface area contributed by atoms with Gasteiger partial charge in [-0.15, -0.1) is 0 Å². The molecule has 0 atom stereocenters. The first-order valence-corrected chi connectivity index (χ1v) is 18.4. The van der Waals surface area contributed by atoms with Gasteiger partial charge in [0.1, 0.15) is 0 Å². The molecule has 0 heterocycles. The van der Waals surface area contributed by atoms with Gasteiger partial charge in [0.05, 0.1) is 0 Å². The minimum atomic E-state index is -3.30. The van der Waals surface area contributed by atoms with Crippen molar-refractivity contribution >= 4 is 28.5 Å². The zero-order valence-corrected chi connectivity index (χ0v) is 18.7. The van der Waals surface area contributed by atoms with Crippen LogP contribution in [-0.4, -0.2) is 39.7 Å². The predicted octanol–water partition coefficient (Wildman–Crippen LogP) is 5.30. The fourth-order valence-electron chi connectivity index (χ4n) is 2.81. The normalized spacial score (nSPS) is 13.1. The van der Waals surface area contributed by atoms with Gasteiger partial charge in [-0.2, -0.15) is 0 Å².